The minimum atomic E-state index is -2.23. The average molecular weight is 417 g/mol. The molecule has 1 fully saturated rings. The maximum atomic E-state index is 15.2. The molecular formula is C21H25FN4O2S. The van der Waals surface area contributed by atoms with Gasteiger partial charge in [0.25, 0.3) is 0 Å². The summed E-state index contributed by atoms with van der Waals surface area (Å²) in [5.41, 5.74) is -1.49. The molecule has 0 aromatic carbocycles. The first-order valence-corrected chi connectivity index (χ1v) is 10.5. The van der Waals surface area contributed by atoms with E-state index in [1.165, 1.54) is 0 Å². The molecule has 4 heterocycles. The number of nitrogens with zero attached hydrogens (tertiary/aromatic N) is 4. The lowest BCUT2D eigenvalue weighted by molar-refractivity contribution is -0.158. The fourth-order valence-corrected chi connectivity index (χ4v) is 4.84. The van der Waals surface area contributed by atoms with Crippen LogP contribution in [0.15, 0.2) is 36.1 Å². The van der Waals surface area contributed by atoms with E-state index >= 15 is 4.39 Å². The van der Waals surface area contributed by atoms with Crippen LogP contribution in [0.4, 0.5) is 4.39 Å². The van der Waals surface area contributed by atoms with E-state index < -0.39 is 11.6 Å². The van der Waals surface area contributed by atoms with Gasteiger partial charge in [0.05, 0.1) is 10.9 Å². The number of rotatable bonds is 4. The summed E-state index contributed by atoms with van der Waals surface area (Å²) in [6, 6.07) is 4.01. The van der Waals surface area contributed by atoms with Crippen molar-refractivity contribution >= 4 is 27.4 Å². The zero-order valence-electron chi connectivity index (χ0n) is 16.8. The van der Waals surface area contributed by atoms with Crippen LogP contribution in [0.1, 0.15) is 32.8 Å². The molecule has 0 aliphatic carbocycles. The molecule has 0 saturated carbocycles. The number of halogens is 1. The lowest BCUT2D eigenvalue weighted by atomic mass is 9.72. The van der Waals surface area contributed by atoms with Crippen molar-refractivity contribution in [2.75, 3.05) is 13.1 Å². The smallest absolute Gasteiger partial charge is 0.342 e. The molecule has 1 saturated heterocycles. The second-order valence-electron chi connectivity index (χ2n) is 8.97. The van der Waals surface area contributed by atoms with Crippen LogP contribution < -0.4 is 0 Å². The van der Waals surface area contributed by atoms with E-state index in [0.29, 0.717) is 13.1 Å². The number of carboxylic acid groups (broad SMARTS) is 1. The Morgan fingerprint density at radius 3 is 2.93 bits per heavy atom. The van der Waals surface area contributed by atoms with Crippen molar-refractivity contribution in [3.05, 3.63) is 41.7 Å². The molecule has 1 aliphatic heterocycles. The Kier molecular flexibility index (Phi) is 4.94. The Hall–Kier alpha value is -2.32. The number of hydrogen-bond donors (Lipinski definition) is 1. The molecule has 0 unspecified atom stereocenters. The molecule has 0 amide bonds. The van der Waals surface area contributed by atoms with E-state index in [2.05, 4.69) is 10.1 Å². The summed E-state index contributed by atoms with van der Waals surface area (Å²) < 4.78 is 18.0. The van der Waals surface area contributed by atoms with Gasteiger partial charge in [0.1, 0.15) is 0 Å². The van der Waals surface area contributed by atoms with Gasteiger partial charge in [-0.05, 0) is 40.7 Å². The van der Waals surface area contributed by atoms with Crippen molar-refractivity contribution in [1.29, 1.82) is 0 Å². The van der Waals surface area contributed by atoms with Crippen LogP contribution >= 0.6 is 11.3 Å². The van der Waals surface area contributed by atoms with Crippen LogP contribution in [0.3, 0.4) is 0 Å². The minimum Gasteiger partial charge on any atom is -0.479 e. The zero-order valence-corrected chi connectivity index (χ0v) is 17.6. The van der Waals surface area contributed by atoms with Gasteiger partial charge in [-0.15, -0.1) is 11.3 Å². The molecule has 0 bridgehead atoms. The first-order chi connectivity index (χ1) is 13.7. The van der Waals surface area contributed by atoms with Crippen LogP contribution in [-0.2, 0) is 11.3 Å². The molecule has 8 heteroatoms. The standard InChI is InChI=1S/C21H25FN4O2S/c1-20(2,3)16-8-21(22,19(27)28)13-25(12-16)10-14-9-24-26(11-14)18-17-15(4-6-23-18)5-7-29-17/h4-7,9,11,16H,8,10,12-13H2,1-3H3,(H,27,28)/t16-,21+/m1/s1. The first-order valence-electron chi connectivity index (χ1n) is 9.66. The Balaban J connectivity index is 1.57. The highest BCUT2D eigenvalue weighted by atomic mass is 32.1. The van der Waals surface area contributed by atoms with Crippen LogP contribution in [0, 0.1) is 11.3 Å². The molecular weight excluding hydrogens is 391 g/mol. The van der Waals surface area contributed by atoms with E-state index in [9.17, 15) is 9.90 Å². The number of aliphatic carboxylic acids is 1. The third-order valence-electron chi connectivity index (χ3n) is 5.74. The largest absolute Gasteiger partial charge is 0.479 e. The number of alkyl halides is 1. The number of hydrogen-bond acceptors (Lipinski definition) is 5. The molecule has 2 atom stereocenters. The summed E-state index contributed by atoms with van der Waals surface area (Å²) in [4.78, 5) is 18.0. The van der Waals surface area contributed by atoms with Crippen molar-refractivity contribution in [3.8, 4) is 5.82 Å². The van der Waals surface area contributed by atoms with E-state index in [4.69, 9.17) is 0 Å². The van der Waals surface area contributed by atoms with Gasteiger partial charge in [0.2, 0.25) is 5.67 Å². The molecule has 1 aliphatic rings. The highest BCUT2D eigenvalue weighted by Crippen LogP contribution is 2.39. The van der Waals surface area contributed by atoms with Crippen LogP contribution in [-0.4, -0.2) is 49.5 Å². The van der Waals surface area contributed by atoms with Crippen LogP contribution in [0.2, 0.25) is 0 Å². The highest BCUT2D eigenvalue weighted by molar-refractivity contribution is 7.17. The maximum Gasteiger partial charge on any atom is 0.342 e. The summed E-state index contributed by atoms with van der Waals surface area (Å²) >= 11 is 1.61. The van der Waals surface area contributed by atoms with Gasteiger partial charge in [0, 0.05) is 37.6 Å². The Morgan fingerprint density at radius 1 is 1.41 bits per heavy atom. The monoisotopic (exact) mass is 416 g/mol. The summed E-state index contributed by atoms with van der Waals surface area (Å²) in [6.07, 6.45) is 5.44. The quantitative estimate of drug-likeness (QED) is 0.692. The summed E-state index contributed by atoms with van der Waals surface area (Å²) in [7, 11) is 0. The Bertz CT molecular complexity index is 1040. The van der Waals surface area contributed by atoms with Crippen molar-refractivity contribution < 1.29 is 14.3 Å². The zero-order chi connectivity index (χ0) is 20.8. The molecule has 29 heavy (non-hydrogen) atoms. The number of carboxylic acids is 1. The second kappa shape index (κ2) is 7.18. The summed E-state index contributed by atoms with van der Waals surface area (Å²) in [6.45, 7) is 7.11. The van der Waals surface area contributed by atoms with Crippen molar-refractivity contribution in [2.45, 2.75) is 39.4 Å². The minimum absolute atomic E-state index is 0.0473. The molecule has 3 aromatic rings. The molecule has 0 spiro atoms. The number of pyridine rings is 1. The fourth-order valence-electron chi connectivity index (χ4n) is 3.96. The average Bonchev–Trinajstić information content (AvgIpc) is 3.29. The summed E-state index contributed by atoms with van der Waals surface area (Å²) in [5.74, 6) is -0.657. The van der Waals surface area contributed by atoms with Gasteiger partial charge in [-0.3, -0.25) is 4.90 Å². The number of fused-ring (bicyclic) bond motifs is 1. The molecule has 1 N–H and O–H groups in total. The van der Waals surface area contributed by atoms with E-state index in [1.807, 2.05) is 49.4 Å². The Morgan fingerprint density at radius 2 is 2.21 bits per heavy atom. The van der Waals surface area contributed by atoms with Crippen molar-refractivity contribution in [1.82, 2.24) is 19.7 Å². The highest BCUT2D eigenvalue weighted by Gasteiger charge is 2.48. The van der Waals surface area contributed by atoms with Crippen molar-refractivity contribution in [2.24, 2.45) is 11.3 Å². The van der Waals surface area contributed by atoms with E-state index in [-0.39, 0.29) is 24.3 Å². The predicted molar refractivity (Wildman–Crippen MR) is 111 cm³/mol. The molecule has 4 rings (SSSR count). The van der Waals surface area contributed by atoms with Gasteiger partial charge in [0.15, 0.2) is 5.82 Å². The van der Waals surface area contributed by atoms with Crippen LogP contribution in [0.25, 0.3) is 15.9 Å². The van der Waals surface area contributed by atoms with Gasteiger partial charge in [-0.2, -0.15) is 5.10 Å². The Labute approximate surface area is 173 Å². The SMILES string of the molecule is CC(C)(C)[C@H]1CN(Cc2cnn(-c3nccc4ccsc34)c2)C[C@](F)(C(=O)O)C1. The second-order valence-corrected chi connectivity index (χ2v) is 9.89. The lowest BCUT2D eigenvalue weighted by Crippen LogP contribution is -2.55. The molecule has 6 nitrogen and oxygen atoms in total. The number of carbonyl (C=O) groups is 1. The predicted octanol–water partition coefficient (Wildman–Crippen LogP) is 4.14. The molecule has 154 valence electrons. The first kappa shape index (κ1) is 20.0. The number of thiophene rings is 1. The fraction of sp³-hybridized carbons (Fsp3) is 0.476. The third-order valence-corrected chi connectivity index (χ3v) is 6.67. The van der Waals surface area contributed by atoms with Gasteiger partial charge in [-0.25, -0.2) is 18.9 Å². The van der Waals surface area contributed by atoms with Gasteiger partial charge in [-0.1, -0.05) is 20.8 Å². The van der Waals surface area contributed by atoms with Gasteiger partial charge < -0.3 is 5.11 Å². The third kappa shape index (κ3) is 3.91. The van der Waals surface area contributed by atoms with E-state index in [0.717, 1.165) is 21.5 Å². The normalized spacial score (nSPS) is 23.5. The van der Waals surface area contributed by atoms with Crippen LogP contribution in [0.5, 0.6) is 0 Å². The molecule has 0 radical (unpaired) electrons. The number of likely N-dealkylation sites (tertiary alicyclic amines) is 1. The number of aromatic nitrogens is 3. The topological polar surface area (TPSA) is 71.2 Å². The van der Waals surface area contributed by atoms with Gasteiger partial charge >= 0.3 is 5.97 Å². The lowest BCUT2D eigenvalue weighted by Gasteiger charge is -2.44. The maximum absolute atomic E-state index is 15.2. The van der Waals surface area contributed by atoms with Crippen molar-refractivity contribution in [3.63, 3.8) is 0 Å². The van der Waals surface area contributed by atoms with E-state index in [1.54, 1.807) is 28.4 Å². The summed E-state index contributed by atoms with van der Waals surface area (Å²) in [5, 5.41) is 17.1. The number of piperidine rings is 1. The molecule has 3 aromatic heterocycles.